The van der Waals surface area contributed by atoms with Gasteiger partial charge < -0.3 is 15.4 Å². The molecule has 7 nitrogen and oxygen atoms in total. The van der Waals surface area contributed by atoms with Gasteiger partial charge >= 0.3 is 5.97 Å². The van der Waals surface area contributed by atoms with Gasteiger partial charge in [0.1, 0.15) is 6.04 Å². The van der Waals surface area contributed by atoms with Crippen LogP contribution in [-0.4, -0.2) is 42.7 Å². The fourth-order valence-corrected chi connectivity index (χ4v) is 4.94. The number of hydrogen-bond donors (Lipinski definition) is 2. The summed E-state index contributed by atoms with van der Waals surface area (Å²) in [6, 6.07) is 12.8. The summed E-state index contributed by atoms with van der Waals surface area (Å²) in [7, 11) is 0. The standard InChI is InChI=1S/C25H27N3O4S/c1-2-32-23(29)13-11-18-17-7-3-4-9-21(17)33-22-12-10-16(15-20(22)27-18)24(30)28-19-8-5-6-14-26-25(19)31/h3-4,7,9-10,12,15,19H,2,5-6,8,11,13-14H2,1H3,(H,26,31)(H,28,30). The molecule has 4 rings (SSSR count). The van der Waals surface area contributed by atoms with E-state index in [0.29, 0.717) is 37.2 Å². The zero-order valence-corrected chi connectivity index (χ0v) is 19.4. The van der Waals surface area contributed by atoms with Crippen molar-refractivity contribution in [2.24, 2.45) is 4.99 Å². The summed E-state index contributed by atoms with van der Waals surface area (Å²) in [6.45, 7) is 2.78. The number of rotatable bonds is 6. The lowest BCUT2D eigenvalue weighted by Crippen LogP contribution is -2.45. The number of hydrogen-bond acceptors (Lipinski definition) is 6. The Bertz CT molecular complexity index is 1100. The number of carbonyl (C=O) groups excluding carboxylic acids is 3. The minimum Gasteiger partial charge on any atom is -0.466 e. The van der Waals surface area contributed by atoms with Crippen molar-refractivity contribution >= 4 is 40.9 Å². The first kappa shape index (κ1) is 23.0. The predicted octanol–water partition coefficient (Wildman–Crippen LogP) is 4.01. The second-order valence-electron chi connectivity index (χ2n) is 7.96. The molecule has 2 aromatic rings. The molecule has 0 aliphatic carbocycles. The summed E-state index contributed by atoms with van der Waals surface area (Å²) in [5.74, 6) is -0.694. The molecule has 1 fully saturated rings. The summed E-state index contributed by atoms with van der Waals surface area (Å²) in [5, 5.41) is 5.70. The van der Waals surface area contributed by atoms with E-state index in [1.54, 1.807) is 30.8 Å². The van der Waals surface area contributed by atoms with Crippen LogP contribution >= 0.6 is 11.8 Å². The first-order chi connectivity index (χ1) is 16.0. The highest BCUT2D eigenvalue weighted by Gasteiger charge is 2.24. The van der Waals surface area contributed by atoms with Crippen LogP contribution in [0.15, 0.2) is 57.2 Å². The van der Waals surface area contributed by atoms with E-state index in [9.17, 15) is 14.4 Å². The molecule has 2 N–H and O–H groups in total. The Labute approximate surface area is 197 Å². The number of aliphatic imine (C=N–C) groups is 1. The van der Waals surface area contributed by atoms with E-state index in [2.05, 4.69) is 10.6 Å². The molecule has 33 heavy (non-hydrogen) atoms. The lowest BCUT2D eigenvalue weighted by Gasteiger charge is -2.15. The van der Waals surface area contributed by atoms with E-state index in [4.69, 9.17) is 9.73 Å². The van der Waals surface area contributed by atoms with Crippen LogP contribution in [0, 0.1) is 0 Å². The second kappa shape index (κ2) is 10.7. The van der Waals surface area contributed by atoms with Crippen LogP contribution < -0.4 is 10.6 Å². The summed E-state index contributed by atoms with van der Waals surface area (Å²) in [4.78, 5) is 43.9. The lowest BCUT2D eigenvalue weighted by atomic mass is 10.0. The third-order valence-corrected chi connectivity index (χ3v) is 6.75. The van der Waals surface area contributed by atoms with Gasteiger partial charge in [-0.25, -0.2) is 0 Å². The van der Waals surface area contributed by atoms with Crippen LogP contribution in [0.5, 0.6) is 0 Å². The van der Waals surface area contributed by atoms with Crippen molar-refractivity contribution in [2.45, 2.75) is 54.9 Å². The average molecular weight is 466 g/mol. The van der Waals surface area contributed by atoms with E-state index in [-0.39, 0.29) is 24.2 Å². The minimum atomic E-state index is -0.527. The molecule has 8 heteroatoms. The fourth-order valence-electron chi connectivity index (χ4n) is 3.91. The van der Waals surface area contributed by atoms with Gasteiger partial charge in [-0.1, -0.05) is 30.0 Å². The van der Waals surface area contributed by atoms with Crippen molar-refractivity contribution in [1.82, 2.24) is 10.6 Å². The van der Waals surface area contributed by atoms with Gasteiger partial charge in [-0.2, -0.15) is 0 Å². The summed E-state index contributed by atoms with van der Waals surface area (Å²) < 4.78 is 5.08. The Hall–Kier alpha value is -3.13. The maximum atomic E-state index is 12.9. The Morgan fingerprint density at radius 1 is 1.18 bits per heavy atom. The van der Waals surface area contributed by atoms with Crippen LogP contribution in [0.2, 0.25) is 0 Å². The Morgan fingerprint density at radius 3 is 2.88 bits per heavy atom. The first-order valence-electron chi connectivity index (χ1n) is 11.3. The molecule has 0 radical (unpaired) electrons. The number of nitrogens with one attached hydrogen (secondary N) is 2. The van der Waals surface area contributed by atoms with Crippen LogP contribution in [0.4, 0.5) is 5.69 Å². The van der Waals surface area contributed by atoms with Crippen molar-refractivity contribution in [1.29, 1.82) is 0 Å². The van der Waals surface area contributed by atoms with E-state index < -0.39 is 6.04 Å². The molecule has 1 unspecified atom stereocenters. The zero-order valence-electron chi connectivity index (χ0n) is 18.6. The van der Waals surface area contributed by atoms with Crippen molar-refractivity contribution < 1.29 is 19.1 Å². The number of esters is 1. The molecule has 2 aliphatic rings. The van der Waals surface area contributed by atoms with E-state index in [1.165, 1.54) is 0 Å². The highest BCUT2D eigenvalue weighted by atomic mass is 32.2. The molecular weight excluding hydrogens is 438 g/mol. The number of benzene rings is 2. The average Bonchev–Trinajstić information content (AvgIpc) is 3.11. The normalized spacial score (nSPS) is 17.4. The monoisotopic (exact) mass is 465 g/mol. The molecule has 1 atom stereocenters. The summed E-state index contributed by atoms with van der Waals surface area (Å²) in [6.07, 6.45) is 3.10. The smallest absolute Gasteiger partial charge is 0.306 e. The fraction of sp³-hybridized carbons (Fsp3) is 0.360. The number of nitrogens with zero attached hydrogens (tertiary/aromatic N) is 1. The molecule has 0 spiro atoms. The van der Waals surface area contributed by atoms with Gasteiger partial charge in [0, 0.05) is 33.9 Å². The van der Waals surface area contributed by atoms with Gasteiger partial charge in [-0.05, 0) is 50.5 Å². The molecule has 2 aromatic carbocycles. The number of amides is 2. The molecular formula is C25H27N3O4S. The van der Waals surface area contributed by atoms with Gasteiger partial charge in [-0.3, -0.25) is 19.4 Å². The van der Waals surface area contributed by atoms with Gasteiger partial charge in [-0.15, -0.1) is 0 Å². The lowest BCUT2D eigenvalue weighted by molar-refractivity contribution is -0.142. The molecule has 2 amide bonds. The van der Waals surface area contributed by atoms with Gasteiger partial charge in [0.25, 0.3) is 5.91 Å². The van der Waals surface area contributed by atoms with Crippen LogP contribution in [0.25, 0.3) is 0 Å². The Kier molecular flexibility index (Phi) is 7.44. The summed E-state index contributed by atoms with van der Waals surface area (Å²) >= 11 is 1.58. The SMILES string of the molecule is CCOC(=O)CCC1=Nc2cc(C(=O)NC3CCCCNC3=O)ccc2Sc2ccccc21. The highest BCUT2D eigenvalue weighted by molar-refractivity contribution is 7.99. The van der Waals surface area contributed by atoms with Crippen LogP contribution in [-0.2, 0) is 14.3 Å². The molecule has 2 aliphatic heterocycles. The summed E-state index contributed by atoms with van der Waals surface area (Å²) in [5.41, 5.74) is 2.88. The number of ether oxygens (including phenoxy) is 1. The third-order valence-electron chi connectivity index (χ3n) is 5.61. The predicted molar refractivity (Wildman–Crippen MR) is 127 cm³/mol. The van der Waals surface area contributed by atoms with Crippen molar-refractivity contribution in [3.05, 3.63) is 53.6 Å². The zero-order chi connectivity index (χ0) is 23.2. The first-order valence-corrected chi connectivity index (χ1v) is 12.1. The topological polar surface area (TPSA) is 96.9 Å². The molecule has 172 valence electrons. The molecule has 2 heterocycles. The van der Waals surface area contributed by atoms with E-state index in [0.717, 1.165) is 33.9 Å². The second-order valence-corrected chi connectivity index (χ2v) is 9.04. The molecule has 1 saturated heterocycles. The maximum absolute atomic E-state index is 12.9. The molecule has 0 bridgehead atoms. The number of fused-ring (bicyclic) bond motifs is 2. The van der Waals surface area contributed by atoms with E-state index in [1.807, 2.05) is 30.3 Å². The Morgan fingerprint density at radius 2 is 2.03 bits per heavy atom. The van der Waals surface area contributed by atoms with Crippen LogP contribution in [0.1, 0.15) is 54.9 Å². The molecule has 0 aromatic heterocycles. The van der Waals surface area contributed by atoms with Crippen molar-refractivity contribution in [2.75, 3.05) is 13.2 Å². The maximum Gasteiger partial charge on any atom is 0.306 e. The van der Waals surface area contributed by atoms with Crippen molar-refractivity contribution in [3.8, 4) is 0 Å². The molecule has 0 saturated carbocycles. The van der Waals surface area contributed by atoms with Gasteiger partial charge in [0.05, 0.1) is 24.4 Å². The Balaban J connectivity index is 1.60. The largest absolute Gasteiger partial charge is 0.466 e. The van der Waals surface area contributed by atoms with E-state index >= 15 is 0 Å². The minimum absolute atomic E-state index is 0.138. The van der Waals surface area contributed by atoms with Crippen molar-refractivity contribution in [3.63, 3.8) is 0 Å². The number of carbonyl (C=O) groups is 3. The van der Waals surface area contributed by atoms with Gasteiger partial charge in [0.2, 0.25) is 5.91 Å². The van der Waals surface area contributed by atoms with Crippen LogP contribution in [0.3, 0.4) is 0 Å². The highest BCUT2D eigenvalue weighted by Crippen LogP contribution is 2.41. The quantitative estimate of drug-likeness (QED) is 0.628. The third kappa shape index (κ3) is 5.63. The van der Waals surface area contributed by atoms with Gasteiger partial charge in [0.15, 0.2) is 0 Å².